The molecule has 116 valence electrons. The molecule has 0 spiro atoms. The van der Waals surface area contributed by atoms with E-state index < -0.39 is 11.7 Å². The van der Waals surface area contributed by atoms with Crippen molar-refractivity contribution in [3.05, 3.63) is 54.5 Å². The molecule has 0 unspecified atom stereocenters. The number of anilines is 1. The third-order valence-electron chi connectivity index (χ3n) is 3.08. The molecule has 0 fully saturated rings. The summed E-state index contributed by atoms with van der Waals surface area (Å²) in [7, 11) is 0. The van der Waals surface area contributed by atoms with E-state index in [9.17, 15) is 13.2 Å². The second kappa shape index (κ2) is 5.64. The van der Waals surface area contributed by atoms with E-state index in [1.165, 1.54) is 30.7 Å². The smallest absolute Gasteiger partial charge is 0.368 e. The number of hydrogen-bond acceptors (Lipinski definition) is 5. The van der Waals surface area contributed by atoms with Crippen LogP contribution in [0.5, 0.6) is 0 Å². The molecule has 23 heavy (non-hydrogen) atoms. The summed E-state index contributed by atoms with van der Waals surface area (Å²) in [5.74, 6) is 0.0446. The predicted molar refractivity (Wildman–Crippen MR) is 77.9 cm³/mol. The third-order valence-corrected chi connectivity index (χ3v) is 3.08. The highest BCUT2D eigenvalue weighted by molar-refractivity contribution is 5.76. The first-order valence-electron chi connectivity index (χ1n) is 6.52. The van der Waals surface area contributed by atoms with Crippen molar-refractivity contribution < 1.29 is 13.2 Å². The molecule has 2 aromatic heterocycles. The Labute approximate surface area is 129 Å². The maximum atomic E-state index is 12.9. The number of nitrogen functional groups attached to an aromatic ring is 1. The number of nitrogens with two attached hydrogens (primary N) is 1. The maximum absolute atomic E-state index is 12.9. The first kappa shape index (κ1) is 14.9. The molecular weight excluding hydrogens is 307 g/mol. The van der Waals surface area contributed by atoms with Gasteiger partial charge in [0.2, 0.25) is 5.95 Å². The van der Waals surface area contributed by atoms with Crippen LogP contribution in [0.2, 0.25) is 0 Å². The average molecular weight is 317 g/mol. The molecule has 8 heteroatoms. The zero-order valence-corrected chi connectivity index (χ0v) is 11.6. The summed E-state index contributed by atoms with van der Waals surface area (Å²) in [6, 6.07) is 6.45. The van der Waals surface area contributed by atoms with Crippen LogP contribution in [0.1, 0.15) is 5.56 Å². The summed E-state index contributed by atoms with van der Waals surface area (Å²) >= 11 is 0. The Kier molecular flexibility index (Phi) is 3.65. The normalized spacial score (nSPS) is 11.4. The topological polar surface area (TPSA) is 77.6 Å². The molecular formula is C15H10F3N5. The van der Waals surface area contributed by atoms with E-state index >= 15 is 0 Å². The van der Waals surface area contributed by atoms with Crippen molar-refractivity contribution in [1.82, 2.24) is 19.9 Å². The second-order valence-electron chi connectivity index (χ2n) is 4.63. The van der Waals surface area contributed by atoms with Crippen molar-refractivity contribution in [1.29, 1.82) is 0 Å². The Morgan fingerprint density at radius 1 is 0.870 bits per heavy atom. The molecule has 0 radical (unpaired) electrons. The van der Waals surface area contributed by atoms with E-state index in [1.807, 2.05) is 0 Å². The van der Waals surface area contributed by atoms with Crippen molar-refractivity contribution >= 4 is 5.95 Å². The van der Waals surface area contributed by atoms with Gasteiger partial charge in [0.15, 0.2) is 0 Å². The summed E-state index contributed by atoms with van der Waals surface area (Å²) in [4.78, 5) is 16.1. The first-order valence-corrected chi connectivity index (χ1v) is 6.52. The Balaban J connectivity index is 2.15. The van der Waals surface area contributed by atoms with Crippen LogP contribution >= 0.6 is 0 Å². The molecule has 0 aliphatic carbocycles. The fourth-order valence-corrected chi connectivity index (χ4v) is 2.09. The quantitative estimate of drug-likeness (QED) is 0.785. The lowest BCUT2D eigenvalue weighted by Crippen LogP contribution is -2.05. The zero-order valence-electron chi connectivity index (χ0n) is 11.6. The monoisotopic (exact) mass is 317 g/mol. The Morgan fingerprint density at radius 3 is 2.30 bits per heavy atom. The SMILES string of the molecule is Nc1nccc(-c2nccnc2-c2cccc(C(F)(F)F)c2)n1. The minimum atomic E-state index is -4.43. The Morgan fingerprint density at radius 2 is 1.61 bits per heavy atom. The number of aromatic nitrogens is 4. The van der Waals surface area contributed by atoms with Gasteiger partial charge in [-0.2, -0.15) is 13.2 Å². The summed E-state index contributed by atoms with van der Waals surface area (Å²) in [6.07, 6.45) is -0.144. The summed E-state index contributed by atoms with van der Waals surface area (Å²) < 4.78 is 38.7. The van der Waals surface area contributed by atoms with Crippen molar-refractivity contribution in [3.63, 3.8) is 0 Å². The number of alkyl halides is 3. The van der Waals surface area contributed by atoms with E-state index in [0.29, 0.717) is 17.0 Å². The molecule has 2 heterocycles. The highest BCUT2D eigenvalue weighted by Crippen LogP contribution is 2.33. The maximum Gasteiger partial charge on any atom is 0.416 e. The molecule has 0 amide bonds. The lowest BCUT2D eigenvalue weighted by Gasteiger charge is -2.10. The van der Waals surface area contributed by atoms with Gasteiger partial charge in [-0.1, -0.05) is 12.1 Å². The molecule has 0 aliphatic heterocycles. The van der Waals surface area contributed by atoms with Gasteiger partial charge in [-0.05, 0) is 18.2 Å². The summed E-state index contributed by atoms with van der Waals surface area (Å²) in [6.45, 7) is 0. The van der Waals surface area contributed by atoms with E-state index in [-0.39, 0.29) is 11.6 Å². The predicted octanol–water partition coefficient (Wildman–Crippen LogP) is 3.20. The Bertz CT molecular complexity index is 848. The molecule has 2 N–H and O–H groups in total. The molecule has 0 saturated carbocycles. The number of rotatable bonds is 2. The van der Waals surface area contributed by atoms with Gasteiger partial charge in [0.05, 0.1) is 17.0 Å². The number of hydrogen-bond donors (Lipinski definition) is 1. The molecule has 1 aromatic carbocycles. The van der Waals surface area contributed by atoms with E-state index in [1.54, 1.807) is 6.07 Å². The highest BCUT2D eigenvalue weighted by Gasteiger charge is 2.30. The van der Waals surface area contributed by atoms with Gasteiger partial charge in [0, 0.05) is 24.2 Å². The minimum Gasteiger partial charge on any atom is -0.368 e. The van der Waals surface area contributed by atoms with Gasteiger partial charge in [-0.3, -0.25) is 9.97 Å². The van der Waals surface area contributed by atoms with Crippen LogP contribution in [-0.4, -0.2) is 19.9 Å². The largest absolute Gasteiger partial charge is 0.416 e. The van der Waals surface area contributed by atoms with Crippen molar-refractivity contribution in [3.8, 4) is 22.6 Å². The van der Waals surface area contributed by atoms with Crippen LogP contribution in [0.15, 0.2) is 48.9 Å². The van der Waals surface area contributed by atoms with Gasteiger partial charge in [-0.25, -0.2) is 9.97 Å². The van der Waals surface area contributed by atoms with E-state index in [2.05, 4.69) is 19.9 Å². The third kappa shape index (κ3) is 3.10. The van der Waals surface area contributed by atoms with Gasteiger partial charge in [-0.15, -0.1) is 0 Å². The molecule has 3 rings (SSSR count). The van der Waals surface area contributed by atoms with Crippen LogP contribution in [0.4, 0.5) is 19.1 Å². The van der Waals surface area contributed by atoms with Crippen molar-refractivity contribution in [2.75, 3.05) is 5.73 Å². The molecule has 0 atom stereocenters. The molecule has 0 saturated heterocycles. The number of halogens is 3. The highest BCUT2D eigenvalue weighted by atomic mass is 19.4. The Hall–Kier alpha value is -3.03. The molecule has 0 bridgehead atoms. The van der Waals surface area contributed by atoms with E-state index in [4.69, 9.17) is 5.73 Å². The first-order chi connectivity index (χ1) is 10.9. The van der Waals surface area contributed by atoms with Gasteiger partial charge >= 0.3 is 6.18 Å². The second-order valence-corrected chi connectivity index (χ2v) is 4.63. The summed E-state index contributed by atoms with van der Waals surface area (Å²) in [5.41, 5.74) is 6.09. The van der Waals surface area contributed by atoms with Crippen molar-refractivity contribution in [2.24, 2.45) is 0 Å². The van der Waals surface area contributed by atoms with Gasteiger partial charge in [0.25, 0.3) is 0 Å². The average Bonchev–Trinajstić information content (AvgIpc) is 2.54. The number of nitrogens with zero attached hydrogens (tertiary/aromatic N) is 4. The lowest BCUT2D eigenvalue weighted by molar-refractivity contribution is -0.137. The zero-order chi connectivity index (χ0) is 16.4. The standard InChI is InChI=1S/C15H10F3N5/c16-15(17,18)10-3-1-2-9(8-10)12-13(21-7-6-20-12)11-4-5-22-14(19)23-11/h1-8H,(H2,19,22,23). The van der Waals surface area contributed by atoms with Crippen LogP contribution in [0, 0.1) is 0 Å². The van der Waals surface area contributed by atoms with Crippen molar-refractivity contribution in [2.45, 2.75) is 6.18 Å². The van der Waals surface area contributed by atoms with Crippen LogP contribution in [0.25, 0.3) is 22.6 Å². The molecule has 0 aliphatic rings. The van der Waals surface area contributed by atoms with E-state index in [0.717, 1.165) is 12.1 Å². The summed E-state index contributed by atoms with van der Waals surface area (Å²) in [5, 5.41) is 0. The van der Waals surface area contributed by atoms with Crippen LogP contribution < -0.4 is 5.73 Å². The fraction of sp³-hybridized carbons (Fsp3) is 0.0667. The lowest BCUT2D eigenvalue weighted by atomic mass is 10.0. The molecule has 5 nitrogen and oxygen atoms in total. The van der Waals surface area contributed by atoms with Gasteiger partial charge in [0.1, 0.15) is 5.69 Å². The fourth-order valence-electron chi connectivity index (χ4n) is 2.09. The number of benzene rings is 1. The molecule has 3 aromatic rings. The van der Waals surface area contributed by atoms with Crippen LogP contribution in [-0.2, 0) is 6.18 Å². The van der Waals surface area contributed by atoms with Crippen LogP contribution in [0.3, 0.4) is 0 Å². The van der Waals surface area contributed by atoms with Gasteiger partial charge < -0.3 is 5.73 Å². The minimum absolute atomic E-state index is 0.0446.